The minimum Gasteiger partial charge on any atom is -0.354 e. The molecule has 1 fully saturated rings. The highest BCUT2D eigenvalue weighted by atomic mass is 16.2. The van der Waals surface area contributed by atoms with Gasteiger partial charge < -0.3 is 21.7 Å². The van der Waals surface area contributed by atoms with Crippen LogP contribution in [0.2, 0.25) is 0 Å². The summed E-state index contributed by atoms with van der Waals surface area (Å²) < 4.78 is 0. The first-order chi connectivity index (χ1) is 7.63. The standard InChI is InChI=1S/C9H16N4O3/c10-3-4-11-8(15)9(16)13-6-1-2-7(14)12-5-6/h6H,1-5,10H2,(H,11,15)(H,12,14)(H,13,16). The number of carbonyl (C=O) groups excluding carboxylic acids is 3. The zero-order chi connectivity index (χ0) is 12.0. The Morgan fingerprint density at radius 1 is 1.44 bits per heavy atom. The lowest BCUT2D eigenvalue weighted by atomic mass is 10.1. The van der Waals surface area contributed by atoms with Gasteiger partial charge >= 0.3 is 11.8 Å². The molecule has 1 rings (SSSR count). The molecule has 1 heterocycles. The fraction of sp³-hybridized carbons (Fsp3) is 0.667. The smallest absolute Gasteiger partial charge is 0.309 e. The first-order valence-electron chi connectivity index (χ1n) is 5.19. The van der Waals surface area contributed by atoms with E-state index in [-0.39, 0.29) is 18.5 Å². The van der Waals surface area contributed by atoms with Crippen molar-refractivity contribution in [2.45, 2.75) is 18.9 Å². The zero-order valence-electron chi connectivity index (χ0n) is 8.91. The number of rotatable bonds is 3. The summed E-state index contributed by atoms with van der Waals surface area (Å²) in [5.74, 6) is -1.41. The normalized spacial score (nSPS) is 19.8. The predicted octanol–water partition coefficient (Wildman–Crippen LogP) is -2.54. The summed E-state index contributed by atoms with van der Waals surface area (Å²) in [6.07, 6.45) is 0.928. The van der Waals surface area contributed by atoms with E-state index in [0.717, 1.165) is 0 Å². The number of hydrogen-bond donors (Lipinski definition) is 4. The Hall–Kier alpha value is -1.63. The van der Waals surface area contributed by atoms with E-state index in [1.807, 2.05) is 0 Å². The van der Waals surface area contributed by atoms with Crippen molar-refractivity contribution in [3.05, 3.63) is 0 Å². The van der Waals surface area contributed by atoms with E-state index in [0.29, 0.717) is 25.9 Å². The maximum Gasteiger partial charge on any atom is 0.309 e. The molecule has 0 saturated carbocycles. The van der Waals surface area contributed by atoms with Crippen LogP contribution in [0.3, 0.4) is 0 Å². The van der Waals surface area contributed by atoms with Crippen LogP contribution >= 0.6 is 0 Å². The number of amides is 3. The van der Waals surface area contributed by atoms with Crippen LogP contribution in [-0.4, -0.2) is 43.4 Å². The predicted molar refractivity (Wildman–Crippen MR) is 56.2 cm³/mol. The summed E-state index contributed by atoms with van der Waals surface area (Å²) in [4.78, 5) is 33.3. The molecule has 0 spiro atoms. The van der Waals surface area contributed by atoms with Gasteiger partial charge in [0.1, 0.15) is 0 Å². The Morgan fingerprint density at radius 2 is 2.19 bits per heavy atom. The number of nitrogens with one attached hydrogen (secondary N) is 3. The molecule has 1 atom stereocenters. The van der Waals surface area contributed by atoms with E-state index in [1.165, 1.54) is 0 Å². The fourth-order valence-corrected chi connectivity index (χ4v) is 1.37. The molecular formula is C9H16N4O3. The van der Waals surface area contributed by atoms with Gasteiger partial charge in [0.05, 0.1) is 0 Å². The SMILES string of the molecule is NCCNC(=O)C(=O)NC1CCC(=O)NC1. The van der Waals surface area contributed by atoms with Gasteiger partial charge in [0.25, 0.3) is 0 Å². The molecule has 1 saturated heterocycles. The van der Waals surface area contributed by atoms with Gasteiger partial charge in [-0.05, 0) is 6.42 Å². The molecule has 1 aliphatic heterocycles. The third kappa shape index (κ3) is 3.85. The molecule has 0 aromatic rings. The van der Waals surface area contributed by atoms with Gasteiger partial charge in [0, 0.05) is 32.1 Å². The van der Waals surface area contributed by atoms with Crippen molar-refractivity contribution in [1.29, 1.82) is 0 Å². The third-order valence-corrected chi connectivity index (χ3v) is 2.24. The van der Waals surface area contributed by atoms with Crippen LogP contribution in [0.1, 0.15) is 12.8 Å². The highest BCUT2D eigenvalue weighted by molar-refractivity contribution is 6.35. The molecule has 5 N–H and O–H groups in total. The van der Waals surface area contributed by atoms with E-state index < -0.39 is 11.8 Å². The molecule has 0 radical (unpaired) electrons. The molecule has 0 aromatic carbocycles. The highest BCUT2D eigenvalue weighted by Gasteiger charge is 2.22. The Balaban J connectivity index is 2.28. The summed E-state index contributed by atoms with van der Waals surface area (Å²) >= 11 is 0. The van der Waals surface area contributed by atoms with Crippen molar-refractivity contribution >= 4 is 17.7 Å². The van der Waals surface area contributed by atoms with Crippen molar-refractivity contribution in [3.63, 3.8) is 0 Å². The molecule has 3 amide bonds. The largest absolute Gasteiger partial charge is 0.354 e. The Kier molecular flexibility index (Phi) is 4.71. The monoisotopic (exact) mass is 228 g/mol. The summed E-state index contributed by atoms with van der Waals surface area (Å²) in [6, 6.07) is -0.172. The minimum atomic E-state index is -0.692. The van der Waals surface area contributed by atoms with Crippen LogP contribution in [0.4, 0.5) is 0 Å². The average molecular weight is 228 g/mol. The van der Waals surface area contributed by atoms with Crippen LogP contribution in [0.25, 0.3) is 0 Å². The summed E-state index contributed by atoms with van der Waals surface area (Å²) in [7, 11) is 0. The Morgan fingerprint density at radius 3 is 2.75 bits per heavy atom. The number of piperidine rings is 1. The van der Waals surface area contributed by atoms with E-state index in [1.54, 1.807) is 0 Å². The van der Waals surface area contributed by atoms with E-state index >= 15 is 0 Å². The second-order valence-corrected chi connectivity index (χ2v) is 3.56. The zero-order valence-corrected chi connectivity index (χ0v) is 8.91. The lowest BCUT2D eigenvalue weighted by Gasteiger charge is -2.23. The van der Waals surface area contributed by atoms with Crippen LogP contribution < -0.4 is 21.7 Å². The van der Waals surface area contributed by atoms with Gasteiger partial charge in [-0.15, -0.1) is 0 Å². The minimum absolute atomic E-state index is 0.0296. The maximum atomic E-state index is 11.3. The summed E-state index contributed by atoms with van der Waals surface area (Å²) in [5, 5.41) is 7.52. The Labute approximate surface area is 93.1 Å². The van der Waals surface area contributed by atoms with Crippen molar-refractivity contribution in [1.82, 2.24) is 16.0 Å². The van der Waals surface area contributed by atoms with Crippen LogP contribution in [0, 0.1) is 0 Å². The Bertz CT molecular complexity index is 282. The quantitative estimate of drug-likeness (QED) is 0.398. The number of nitrogens with two attached hydrogens (primary N) is 1. The summed E-state index contributed by atoms with van der Waals surface area (Å²) in [5.41, 5.74) is 5.18. The van der Waals surface area contributed by atoms with Gasteiger partial charge in [0.2, 0.25) is 5.91 Å². The molecule has 1 aliphatic rings. The van der Waals surface area contributed by atoms with Gasteiger partial charge in [-0.3, -0.25) is 14.4 Å². The molecule has 0 bridgehead atoms. The molecule has 16 heavy (non-hydrogen) atoms. The summed E-state index contributed by atoms with van der Waals surface area (Å²) in [6.45, 7) is 0.931. The van der Waals surface area contributed by atoms with Crippen LogP contribution in [0.5, 0.6) is 0 Å². The van der Waals surface area contributed by atoms with E-state index in [2.05, 4.69) is 16.0 Å². The second kappa shape index (κ2) is 6.06. The van der Waals surface area contributed by atoms with Gasteiger partial charge in [0.15, 0.2) is 0 Å². The van der Waals surface area contributed by atoms with Crippen molar-refractivity contribution in [2.75, 3.05) is 19.6 Å². The van der Waals surface area contributed by atoms with Gasteiger partial charge in [-0.25, -0.2) is 0 Å². The number of hydrogen-bond acceptors (Lipinski definition) is 4. The lowest BCUT2D eigenvalue weighted by Crippen LogP contribution is -2.51. The topological polar surface area (TPSA) is 113 Å². The molecule has 90 valence electrons. The maximum absolute atomic E-state index is 11.3. The molecule has 7 nitrogen and oxygen atoms in total. The van der Waals surface area contributed by atoms with E-state index in [9.17, 15) is 14.4 Å². The molecule has 0 aliphatic carbocycles. The van der Waals surface area contributed by atoms with Gasteiger partial charge in [-0.2, -0.15) is 0 Å². The van der Waals surface area contributed by atoms with Crippen molar-refractivity contribution in [2.24, 2.45) is 5.73 Å². The number of carbonyl (C=O) groups is 3. The van der Waals surface area contributed by atoms with E-state index in [4.69, 9.17) is 5.73 Å². The van der Waals surface area contributed by atoms with Gasteiger partial charge in [-0.1, -0.05) is 0 Å². The van der Waals surface area contributed by atoms with Crippen LogP contribution in [-0.2, 0) is 14.4 Å². The van der Waals surface area contributed by atoms with Crippen molar-refractivity contribution < 1.29 is 14.4 Å². The fourth-order valence-electron chi connectivity index (χ4n) is 1.37. The first-order valence-corrected chi connectivity index (χ1v) is 5.19. The third-order valence-electron chi connectivity index (χ3n) is 2.24. The second-order valence-electron chi connectivity index (χ2n) is 3.56. The molecular weight excluding hydrogens is 212 g/mol. The molecule has 7 heteroatoms. The average Bonchev–Trinajstić information content (AvgIpc) is 2.29. The highest BCUT2D eigenvalue weighted by Crippen LogP contribution is 2.01. The van der Waals surface area contributed by atoms with Crippen molar-refractivity contribution in [3.8, 4) is 0 Å². The van der Waals surface area contributed by atoms with Crippen LogP contribution in [0.15, 0.2) is 0 Å². The lowest BCUT2D eigenvalue weighted by molar-refractivity contribution is -0.139. The molecule has 1 unspecified atom stereocenters. The molecule has 0 aromatic heterocycles. The first kappa shape index (κ1) is 12.4.